The van der Waals surface area contributed by atoms with Gasteiger partial charge in [0.05, 0.1) is 18.4 Å². The zero-order valence-electron chi connectivity index (χ0n) is 23.0. The van der Waals surface area contributed by atoms with Gasteiger partial charge in [0.1, 0.15) is 0 Å². The van der Waals surface area contributed by atoms with Crippen LogP contribution in [-0.2, 0) is 21.8 Å². The molecule has 2 saturated carbocycles. The molecule has 0 spiro atoms. The van der Waals surface area contributed by atoms with Crippen molar-refractivity contribution in [2.45, 2.75) is 31.5 Å². The first-order valence-electron chi connectivity index (χ1n) is 12.9. The summed E-state index contributed by atoms with van der Waals surface area (Å²) in [5, 5.41) is 11.7. The van der Waals surface area contributed by atoms with Crippen molar-refractivity contribution in [1.82, 2.24) is 5.01 Å². The molecule has 2 aromatic rings. The van der Waals surface area contributed by atoms with Gasteiger partial charge >= 0.3 is 17.1 Å². The number of methoxy groups -OCH3 is 1. The van der Waals surface area contributed by atoms with E-state index in [2.05, 4.69) is 98.1 Å². The van der Waals surface area contributed by atoms with E-state index in [1.54, 1.807) is 18.9 Å². The molecule has 2 aliphatic carbocycles. The summed E-state index contributed by atoms with van der Waals surface area (Å²) in [6.45, 7) is 4.09. The zero-order chi connectivity index (χ0) is 25.9. The van der Waals surface area contributed by atoms with Crippen molar-refractivity contribution in [3.8, 4) is 0 Å². The molecule has 2 atom stereocenters. The van der Waals surface area contributed by atoms with Crippen LogP contribution in [0.4, 0.5) is 0 Å². The van der Waals surface area contributed by atoms with E-state index >= 15 is 0 Å². The molecule has 13 radical (unpaired) electrons. The number of ether oxygens (including phenoxy) is 1. The van der Waals surface area contributed by atoms with Crippen LogP contribution in [0, 0.1) is 62.5 Å². The van der Waals surface area contributed by atoms with Crippen LogP contribution >= 0.6 is 19.7 Å². The molecule has 1 aliphatic heterocycles. The van der Waals surface area contributed by atoms with Crippen molar-refractivity contribution in [2.75, 3.05) is 26.5 Å². The number of nitrogens with zero attached hydrogens (tertiary/aromatic N) is 2. The molecule has 0 aromatic heterocycles. The molecule has 0 unspecified atom stereocenters. The molecule has 3 nitrogen and oxygen atoms in total. The molecule has 3 aliphatic rings. The van der Waals surface area contributed by atoms with Gasteiger partial charge < -0.3 is 4.74 Å². The maximum atomic E-state index is 5.51. The van der Waals surface area contributed by atoms with Crippen LogP contribution in [0.3, 0.4) is 0 Å². The first kappa shape index (κ1) is 34.4. The normalized spacial score (nSPS) is 20.8. The summed E-state index contributed by atoms with van der Waals surface area (Å²) in [6.07, 6.45) is 21.1. The Labute approximate surface area is 256 Å². The molecule has 2 aromatic carbocycles. The quantitative estimate of drug-likeness (QED) is 0.211. The first-order valence-corrected chi connectivity index (χ1v) is 15.6. The minimum absolute atomic E-state index is 0. The van der Waals surface area contributed by atoms with Crippen molar-refractivity contribution < 1.29 is 21.8 Å². The van der Waals surface area contributed by atoms with Crippen molar-refractivity contribution in [3.63, 3.8) is 0 Å². The number of hydrazone groups is 1. The van der Waals surface area contributed by atoms with E-state index in [1.165, 1.54) is 33.9 Å². The second-order valence-electron chi connectivity index (χ2n) is 9.09. The van der Waals surface area contributed by atoms with E-state index in [9.17, 15) is 0 Å². The van der Waals surface area contributed by atoms with Gasteiger partial charge in [-0.3, -0.25) is 5.01 Å². The fraction of sp³-hybridized carbons (Fsp3) is 0.281. The van der Waals surface area contributed by atoms with E-state index in [1.807, 2.05) is 32.1 Å². The number of thioether (sulfide) groups is 1. The molecule has 0 amide bonds. The third-order valence-electron chi connectivity index (χ3n) is 6.62. The molecule has 3 fully saturated rings. The molecule has 39 heavy (non-hydrogen) atoms. The Balaban J connectivity index is 0.000000686. The number of benzene rings is 2. The maximum absolute atomic E-state index is 5.51. The zero-order valence-corrected chi connectivity index (χ0v) is 25.8. The van der Waals surface area contributed by atoms with E-state index in [-0.39, 0.29) is 31.1 Å². The predicted octanol–water partition coefficient (Wildman–Crippen LogP) is 5.71. The third-order valence-corrected chi connectivity index (χ3v) is 10.1. The molecular weight excluding hydrogens is 558 g/mol. The minimum Gasteiger partial charge on any atom is -0.382 e. The molecule has 201 valence electrons. The van der Waals surface area contributed by atoms with Gasteiger partial charge in [0.15, 0.2) is 0 Å². The molecule has 0 N–H and O–H groups in total. The molecular formula is C32H37BFeN2OPS+2. The summed E-state index contributed by atoms with van der Waals surface area (Å²) in [4.78, 5) is 0. The molecule has 5 rings (SSSR count). The average molecular weight is 595 g/mol. The Morgan fingerprint density at radius 1 is 0.949 bits per heavy atom. The second-order valence-corrected chi connectivity index (χ2v) is 12.5. The molecule has 0 bridgehead atoms. The van der Waals surface area contributed by atoms with Gasteiger partial charge in [-0.25, -0.2) is 0 Å². The van der Waals surface area contributed by atoms with Gasteiger partial charge in [0, 0.05) is 38.9 Å². The molecule has 7 heteroatoms. The van der Waals surface area contributed by atoms with Crippen LogP contribution in [0.2, 0.25) is 0 Å². The van der Waals surface area contributed by atoms with Crippen LogP contribution in [0.15, 0.2) is 65.8 Å². The standard InChI is InChI=1S/C27H32N2OPS.C5H5.B.Fe/c1-21(31(23-13-6-4-7-14-23)24-15-8-5-9-16-24)27(25-17-10-18-26(25)32-3)28-29-19-11-12-22(29)20-30-2;1-2-4-5-3-1;;/h4-10,13-18,21-22H,11-12,19-20H2,1-3H3;1-5H;;/q;;;+2/b28-27+;;;/t21-,22+;;;/m1.../s1. The summed E-state index contributed by atoms with van der Waals surface area (Å²) in [5.74, 6) is 1.27. The van der Waals surface area contributed by atoms with Crippen LogP contribution in [0.1, 0.15) is 19.8 Å². The number of hydrogen-bond acceptors (Lipinski definition) is 4. The van der Waals surface area contributed by atoms with E-state index < -0.39 is 7.92 Å². The monoisotopic (exact) mass is 595 g/mol. The van der Waals surface area contributed by atoms with Crippen LogP contribution in [0.25, 0.3) is 0 Å². The Morgan fingerprint density at radius 2 is 1.51 bits per heavy atom. The smallest absolute Gasteiger partial charge is 0.382 e. The summed E-state index contributed by atoms with van der Waals surface area (Å²) >= 11 is 1.80. The van der Waals surface area contributed by atoms with Crippen LogP contribution < -0.4 is 10.6 Å². The third kappa shape index (κ3) is 9.64. The largest absolute Gasteiger partial charge is 2.00 e. The van der Waals surface area contributed by atoms with Gasteiger partial charge in [-0.1, -0.05) is 67.6 Å². The predicted molar refractivity (Wildman–Crippen MR) is 168 cm³/mol. The van der Waals surface area contributed by atoms with Crippen molar-refractivity contribution in [2.24, 2.45) is 5.10 Å². The summed E-state index contributed by atoms with van der Waals surface area (Å²) in [6, 6.07) is 22.3. The average Bonchev–Trinajstić information content (AvgIpc) is 3.73. The van der Waals surface area contributed by atoms with Crippen molar-refractivity contribution in [3.05, 3.63) is 123 Å². The van der Waals surface area contributed by atoms with Gasteiger partial charge in [-0.05, 0) is 89.0 Å². The summed E-state index contributed by atoms with van der Waals surface area (Å²) < 4.78 is 5.51. The van der Waals surface area contributed by atoms with E-state index in [4.69, 9.17) is 9.84 Å². The van der Waals surface area contributed by atoms with Gasteiger partial charge in [0.25, 0.3) is 0 Å². The Hall–Kier alpha value is -0.766. The summed E-state index contributed by atoms with van der Waals surface area (Å²) in [7, 11) is 1.17. The fourth-order valence-corrected chi connectivity index (χ4v) is 8.05. The van der Waals surface area contributed by atoms with E-state index in [0.717, 1.165) is 19.6 Å². The topological polar surface area (TPSA) is 24.8 Å². The SMILES string of the molecule is COC[C@@H]1CCCN1/N=C(/[C]1[CH][CH][CH][C]1SC)[C@@H](C)P(c1ccccc1)c1ccccc1.[B].[CH]1[CH][CH][CH][CH]1.[Fe+2]. The van der Waals surface area contributed by atoms with Crippen LogP contribution in [-0.4, -0.2) is 57.4 Å². The first-order chi connectivity index (χ1) is 18.2. The van der Waals surface area contributed by atoms with Gasteiger partial charge in [-0.15, -0.1) is 0 Å². The number of hydrogen-bond donors (Lipinski definition) is 0. The Kier molecular flexibility index (Phi) is 16.4. The number of rotatable bonds is 9. The van der Waals surface area contributed by atoms with Gasteiger partial charge in [0.2, 0.25) is 0 Å². The van der Waals surface area contributed by atoms with Crippen molar-refractivity contribution in [1.29, 1.82) is 0 Å². The minimum atomic E-state index is -0.614. The maximum Gasteiger partial charge on any atom is 2.00 e. The second kappa shape index (κ2) is 18.6. The molecule has 1 saturated heterocycles. The Bertz CT molecular complexity index is 903. The van der Waals surface area contributed by atoms with Crippen molar-refractivity contribution >= 4 is 44.4 Å². The molecule has 1 heterocycles. The van der Waals surface area contributed by atoms with Crippen LogP contribution in [0.5, 0.6) is 0 Å². The Morgan fingerprint density at radius 3 is 2.03 bits per heavy atom. The summed E-state index contributed by atoms with van der Waals surface area (Å²) in [5.41, 5.74) is 1.47. The van der Waals surface area contributed by atoms with Gasteiger partial charge in [-0.2, -0.15) is 16.9 Å². The van der Waals surface area contributed by atoms with E-state index in [0.29, 0.717) is 6.04 Å². The fourth-order valence-electron chi connectivity index (χ4n) is 4.82.